The van der Waals surface area contributed by atoms with Crippen molar-refractivity contribution in [1.29, 1.82) is 0 Å². The Morgan fingerprint density at radius 2 is 1.97 bits per heavy atom. The van der Waals surface area contributed by atoms with Crippen LogP contribution in [0.15, 0.2) is 48.7 Å². The topological polar surface area (TPSA) is 62.3 Å². The summed E-state index contributed by atoms with van der Waals surface area (Å²) in [5.41, 5.74) is 0.499. The van der Waals surface area contributed by atoms with Crippen LogP contribution in [0.25, 0.3) is 0 Å². The molecule has 6 heteroatoms. The Kier molecular flexibility index (Phi) is 7.64. The van der Waals surface area contributed by atoms with Crippen LogP contribution in [-0.2, 0) is 4.79 Å². The van der Waals surface area contributed by atoms with Crippen molar-refractivity contribution in [3.63, 3.8) is 0 Å². The molecule has 2 aromatic rings. The number of benzene rings is 1. The Bertz CT molecular complexity index is 822. The van der Waals surface area contributed by atoms with Crippen molar-refractivity contribution in [2.24, 2.45) is 5.92 Å². The molecule has 1 aliphatic carbocycles. The number of carbonyl (C=O) groups is 2. The highest BCUT2D eigenvalue weighted by molar-refractivity contribution is 6.31. The van der Waals surface area contributed by atoms with E-state index in [1.165, 1.54) is 19.3 Å². The second-order valence-corrected chi connectivity index (χ2v) is 8.00. The molecule has 0 radical (unpaired) electrons. The Morgan fingerprint density at radius 3 is 2.62 bits per heavy atom. The van der Waals surface area contributed by atoms with Crippen molar-refractivity contribution in [2.45, 2.75) is 51.5 Å². The molecule has 1 fully saturated rings. The van der Waals surface area contributed by atoms with Crippen molar-refractivity contribution >= 4 is 29.2 Å². The first-order valence-corrected chi connectivity index (χ1v) is 10.7. The lowest BCUT2D eigenvalue weighted by Crippen LogP contribution is -2.48. The number of carbonyl (C=O) groups excluding carboxylic acids is 2. The van der Waals surface area contributed by atoms with Crippen molar-refractivity contribution in [3.05, 3.63) is 59.2 Å². The van der Waals surface area contributed by atoms with Crippen LogP contribution in [0.3, 0.4) is 0 Å². The summed E-state index contributed by atoms with van der Waals surface area (Å²) >= 11 is 6.08. The van der Waals surface area contributed by atoms with Crippen LogP contribution in [0.4, 0.5) is 5.82 Å². The normalized spacial score (nSPS) is 15.5. The number of hydrogen-bond acceptors (Lipinski definition) is 3. The number of amides is 2. The van der Waals surface area contributed by atoms with E-state index in [1.54, 1.807) is 47.5 Å². The molecule has 154 valence electrons. The average Bonchev–Trinajstić information content (AvgIpc) is 2.75. The number of aromatic nitrogens is 1. The molecule has 1 saturated carbocycles. The third kappa shape index (κ3) is 5.80. The van der Waals surface area contributed by atoms with Gasteiger partial charge in [0.1, 0.15) is 11.9 Å². The van der Waals surface area contributed by atoms with E-state index in [0.29, 0.717) is 35.3 Å². The molecule has 0 spiro atoms. The van der Waals surface area contributed by atoms with E-state index >= 15 is 0 Å². The zero-order valence-electron chi connectivity index (χ0n) is 16.8. The number of rotatable bonds is 7. The molecular formula is C23H28ClN3O2. The molecule has 1 N–H and O–H groups in total. The molecule has 1 aromatic carbocycles. The van der Waals surface area contributed by atoms with Gasteiger partial charge in [-0.25, -0.2) is 4.98 Å². The molecule has 0 bridgehead atoms. The summed E-state index contributed by atoms with van der Waals surface area (Å²) in [6.45, 7) is 2.35. The van der Waals surface area contributed by atoms with Crippen LogP contribution < -0.4 is 5.32 Å². The van der Waals surface area contributed by atoms with E-state index in [2.05, 4.69) is 10.3 Å². The quantitative estimate of drug-likeness (QED) is 0.680. The van der Waals surface area contributed by atoms with E-state index in [-0.39, 0.29) is 11.8 Å². The van der Waals surface area contributed by atoms with E-state index < -0.39 is 6.04 Å². The van der Waals surface area contributed by atoms with Gasteiger partial charge >= 0.3 is 0 Å². The maximum absolute atomic E-state index is 13.2. The Labute approximate surface area is 177 Å². The first-order valence-electron chi connectivity index (χ1n) is 10.4. The third-order valence-electron chi connectivity index (χ3n) is 5.55. The van der Waals surface area contributed by atoms with Crippen LogP contribution in [0, 0.1) is 5.92 Å². The van der Waals surface area contributed by atoms with E-state index in [9.17, 15) is 9.59 Å². The van der Waals surface area contributed by atoms with Gasteiger partial charge in [0.2, 0.25) is 5.91 Å². The van der Waals surface area contributed by atoms with Crippen LogP contribution in [0.2, 0.25) is 5.02 Å². The average molecular weight is 414 g/mol. The molecule has 5 nitrogen and oxygen atoms in total. The lowest BCUT2D eigenvalue weighted by molar-refractivity contribution is -0.121. The second kappa shape index (κ2) is 10.4. The standard InChI is InChI=1S/C23H28ClN3O2/c1-2-27(23(29)18-11-8-12-19(24)16-18)20(15-17-9-4-3-5-10-17)22(28)26-21-13-6-7-14-25-21/h6-8,11-14,16-17,20H,2-5,9-10,15H2,1H3,(H,25,26,28). The highest BCUT2D eigenvalue weighted by Crippen LogP contribution is 2.29. The van der Waals surface area contributed by atoms with Crippen molar-refractivity contribution < 1.29 is 9.59 Å². The number of pyridine rings is 1. The van der Waals surface area contributed by atoms with Crippen molar-refractivity contribution in [3.8, 4) is 0 Å². The summed E-state index contributed by atoms with van der Waals surface area (Å²) in [6.07, 6.45) is 8.15. The number of likely N-dealkylation sites (N-methyl/N-ethyl adjacent to an activating group) is 1. The van der Waals surface area contributed by atoms with Crippen LogP contribution in [0.1, 0.15) is 55.8 Å². The van der Waals surface area contributed by atoms with Gasteiger partial charge in [-0.1, -0.05) is 55.8 Å². The van der Waals surface area contributed by atoms with Gasteiger partial charge in [-0.3, -0.25) is 9.59 Å². The molecule has 3 rings (SSSR count). The zero-order valence-corrected chi connectivity index (χ0v) is 17.6. The summed E-state index contributed by atoms with van der Waals surface area (Å²) in [5, 5.41) is 3.40. The molecule has 1 aromatic heterocycles. The Morgan fingerprint density at radius 1 is 1.17 bits per heavy atom. The van der Waals surface area contributed by atoms with Gasteiger partial charge in [0.15, 0.2) is 0 Å². The number of halogens is 1. The molecular weight excluding hydrogens is 386 g/mol. The summed E-state index contributed by atoms with van der Waals surface area (Å²) in [4.78, 5) is 32.3. The van der Waals surface area contributed by atoms with Gasteiger partial charge in [0.25, 0.3) is 5.91 Å². The Balaban J connectivity index is 1.84. The Hall–Kier alpha value is -2.40. The van der Waals surface area contributed by atoms with Gasteiger partial charge in [-0.2, -0.15) is 0 Å². The largest absolute Gasteiger partial charge is 0.327 e. The first-order chi connectivity index (χ1) is 14.1. The highest BCUT2D eigenvalue weighted by Gasteiger charge is 2.32. The monoisotopic (exact) mass is 413 g/mol. The van der Waals surface area contributed by atoms with E-state index in [1.807, 2.05) is 13.0 Å². The second-order valence-electron chi connectivity index (χ2n) is 7.56. The van der Waals surface area contributed by atoms with Crippen molar-refractivity contribution in [2.75, 3.05) is 11.9 Å². The molecule has 1 atom stereocenters. The van der Waals surface area contributed by atoms with Gasteiger partial charge in [-0.05, 0) is 49.6 Å². The lowest BCUT2D eigenvalue weighted by atomic mass is 9.84. The highest BCUT2D eigenvalue weighted by atomic mass is 35.5. The summed E-state index contributed by atoms with van der Waals surface area (Å²) in [5.74, 6) is 0.584. The van der Waals surface area contributed by atoms with Crippen LogP contribution in [0.5, 0.6) is 0 Å². The van der Waals surface area contributed by atoms with Gasteiger partial charge in [0, 0.05) is 23.3 Å². The fourth-order valence-corrected chi connectivity index (χ4v) is 4.24. The minimum absolute atomic E-state index is 0.174. The van der Waals surface area contributed by atoms with Gasteiger partial charge in [0.05, 0.1) is 0 Å². The summed E-state index contributed by atoms with van der Waals surface area (Å²) in [7, 11) is 0. The van der Waals surface area contributed by atoms with E-state index in [4.69, 9.17) is 11.6 Å². The predicted octanol–water partition coefficient (Wildman–Crippen LogP) is 5.17. The minimum atomic E-state index is -0.545. The summed E-state index contributed by atoms with van der Waals surface area (Å²) < 4.78 is 0. The molecule has 0 saturated heterocycles. The fraction of sp³-hybridized carbons (Fsp3) is 0.435. The smallest absolute Gasteiger partial charge is 0.254 e. The van der Waals surface area contributed by atoms with Crippen LogP contribution >= 0.6 is 11.6 Å². The third-order valence-corrected chi connectivity index (χ3v) is 5.78. The zero-order chi connectivity index (χ0) is 20.6. The maximum atomic E-state index is 13.2. The van der Waals surface area contributed by atoms with Crippen molar-refractivity contribution in [1.82, 2.24) is 9.88 Å². The molecule has 1 aliphatic rings. The van der Waals surface area contributed by atoms with E-state index in [0.717, 1.165) is 12.8 Å². The number of hydrogen-bond donors (Lipinski definition) is 1. The number of anilines is 1. The molecule has 0 aliphatic heterocycles. The SMILES string of the molecule is CCN(C(=O)c1cccc(Cl)c1)C(CC1CCCCC1)C(=O)Nc1ccccn1. The van der Waals surface area contributed by atoms with Gasteiger partial charge in [-0.15, -0.1) is 0 Å². The predicted molar refractivity (Wildman–Crippen MR) is 116 cm³/mol. The first kappa shape index (κ1) is 21.3. The van der Waals surface area contributed by atoms with Crippen LogP contribution in [-0.4, -0.2) is 34.3 Å². The number of nitrogens with one attached hydrogen (secondary N) is 1. The van der Waals surface area contributed by atoms with Gasteiger partial charge < -0.3 is 10.2 Å². The maximum Gasteiger partial charge on any atom is 0.254 e. The minimum Gasteiger partial charge on any atom is -0.327 e. The molecule has 1 unspecified atom stereocenters. The molecule has 29 heavy (non-hydrogen) atoms. The number of nitrogens with zero attached hydrogens (tertiary/aromatic N) is 2. The molecule has 1 heterocycles. The fourth-order valence-electron chi connectivity index (χ4n) is 4.05. The molecule has 2 amide bonds. The summed E-state index contributed by atoms with van der Waals surface area (Å²) in [6, 6.07) is 11.7. The lowest BCUT2D eigenvalue weighted by Gasteiger charge is -2.33.